The molecule has 2 aromatic carbocycles. The van der Waals surface area contributed by atoms with Gasteiger partial charge in [-0.1, -0.05) is 30.3 Å². The summed E-state index contributed by atoms with van der Waals surface area (Å²) in [4.78, 5) is 4.49. The van der Waals surface area contributed by atoms with E-state index in [9.17, 15) is 0 Å². The van der Waals surface area contributed by atoms with Crippen LogP contribution >= 0.6 is 22.6 Å². The first-order chi connectivity index (χ1) is 9.74. The summed E-state index contributed by atoms with van der Waals surface area (Å²) in [5, 5.41) is 0. The van der Waals surface area contributed by atoms with Crippen LogP contribution in [-0.2, 0) is 6.54 Å². The van der Waals surface area contributed by atoms with Crippen molar-refractivity contribution in [3.63, 3.8) is 0 Å². The number of imidazole rings is 1. The summed E-state index contributed by atoms with van der Waals surface area (Å²) in [6.45, 7) is 0.769. The maximum absolute atomic E-state index is 5.83. The van der Waals surface area contributed by atoms with Crippen molar-refractivity contribution in [1.29, 1.82) is 0 Å². The number of rotatable bonds is 3. The van der Waals surface area contributed by atoms with Crippen LogP contribution in [0.2, 0.25) is 0 Å². The largest absolute Gasteiger partial charge is 0.399 e. The Balaban J connectivity index is 1.97. The molecule has 0 spiro atoms. The number of nitrogens with zero attached hydrogens (tertiary/aromatic N) is 2. The Kier molecular flexibility index (Phi) is 3.73. The van der Waals surface area contributed by atoms with E-state index in [1.807, 2.05) is 42.7 Å². The van der Waals surface area contributed by atoms with Gasteiger partial charge in [0.1, 0.15) is 5.82 Å². The first-order valence-corrected chi connectivity index (χ1v) is 7.42. The molecule has 0 aliphatic carbocycles. The number of nitrogens with two attached hydrogens (primary N) is 1. The summed E-state index contributed by atoms with van der Waals surface area (Å²) >= 11 is 2.34. The fourth-order valence-electron chi connectivity index (χ4n) is 2.21. The lowest BCUT2D eigenvalue weighted by molar-refractivity contribution is 0.807. The summed E-state index contributed by atoms with van der Waals surface area (Å²) < 4.78 is 3.34. The van der Waals surface area contributed by atoms with Crippen LogP contribution in [-0.4, -0.2) is 9.55 Å². The molecule has 20 heavy (non-hydrogen) atoms. The van der Waals surface area contributed by atoms with Gasteiger partial charge in [-0.25, -0.2) is 4.98 Å². The van der Waals surface area contributed by atoms with E-state index in [1.165, 1.54) is 9.13 Å². The van der Waals surface area contributed by atoms with E-state index in [0.29, 0.717) is 0 Å². The van der Waals surface area contributed by atoms with E-state index in [4.69, 9.17) is 5.73 Å². The molecule has 100 valence electrons. The lowest BCUT2D eigenvalue weighted by Crippen LogP contribution is -2.02. The monoisotopic (exact) mass is 375 g/mol. The normalized spacial score (nSPS) is 10.7. The molecule has 0 amide bonds. The summed E-state index contributed by atoms with van der Waals surface area (Å²) in [7, 11) is 0. The predicted molar refractivity (Wildman–Crippen MR) is 90.3 cm³/mol. The van der Waals surface area contributed by atoms with E-state index in [0.717, 1.165) is 23.6 Å². The van der Waals surface area contributed by atoms with E-state index in [2.05, 4.69) is 50.3 Å². The van der Waals surface area contributed by atoms with Crippen molar-refractivity contribution in [3.8, 4) is 11.4 Å². The molecule has 0 atom stereocenters. The van der Waals surface area contributed by atoms with Crippen LogP contribution in [0, 0.1) is 3.57 Å². The lowest BCUT2D eigenvalue weighted by atomic mass is 10.2. The summed E-state index contributed by atoms with van der Waals surface area (Å²) in [5.41, 5.74) is 8.96. The predicted octanol–water partition coefficient (Wildman–Crippen LogP) is 3.79. The number of aromatic nitrogens is 2. The molecular weight excluding hydrogens is 361 g/mol. The minimum Gasteiger partial charge on any atom is -0.399 e. The maximum atomic E-state index is 5.83. The van der Waals surface area contributed by atoms with Gasteiger partial charge in [0.25, 0.3) is 0 Å². The Morgan fingerprint density at radius 1 is 1.10 bits per heavy atom. The highest BCUT2D eigenvalue weighted by Gasteiger charge is 2.09. The van der Waals surface area contributed by atoms with E-state index < -0.39 is 0 Å². The quantitative estimate of drug-likeness (QED) is 0.559. The molecule has 0 unspecified atom stereocenters. The highest BCUT2D eigenvalue weighted by Crippen LogP contribution is 2.24. The van der Waals surface area contributed by atoms with Crippen molar-refractivity contribution in [2.24, 2.45) is 0 Å². The second-order valence-corrected chi connectivity index (χ2v) is 5.77. The summed E-state index contributed by atoms with van der Waals surface area (Å²) in [5.74, 6) is 0.984. The highest BCUT2D eigenvalue weighted by atomic mass is 127. The lowest BCUT2D eigenvalue weighted by Gasteiger charge is -2.10. The molecule has 3 rings (SSSR count). The van der Waals surface area contributed by atoms with Crippen LogP contribution in [0.15, 0.2) is 60.9 Å². The molecule has 2 N–H and O–H groups in total. The third-order valence-electron chi connectivity index (χ3n) is 3.13. The van der Waals surface area contributed by atoms with Gasteiger partial charge in [0, 0.05) is 33.8 Å². The third-order valence-corrected chi connectivity index (χ3v) is 4.07. The molecule has 0 saturated heterocycles. The molecule has 1 aromatic heterocycles. The fourth-order valence-corrected chi connectivity index (χ4v) is 2.84. The van der Waals surface area contributed by atoms with Gasteiger partial charge in [0.15, 0.2) is 0 Å². The summed E-state index contributed by atoms with van der Waals surface area (Å²) in [6, 6.07) is 16.2. The van der Waals surface area contributed by atoms with Crippen molar-refractivity contribution in [2.45, 2.75) is 6.54 Å². The Hall–Kier alpha value is -1.82. The molecule has 4 heteroatoms. The van der Waals surface area contributed by atoms with Crippen LogP contribution in [0.1, 0.15) is 5.56 Å². The molecular formula is C16H14IN3. The Bertz CT molecular complexity index is 734. The third kappa shape index (κ3) is 2.70. The average molecular weight is 375 g/mol. The van der Waals surface area contributed by atoms with Gasteiger partial charge < -0.3 is 10.3 Å². The van der Waals surface area contributed by atoms with E-state index in [-0.39, 0.29) is 0 Å². The molecule has 0 radical (unpaired) electrons. The van der Waals surface area contributed by atoms with Crippen LogP contribution in [0.3, 0.4) is 0 Å². The number of hydrogen-bond acceptors (Lipinski definition) is 2. The first kappa shape index (κ1) is 13.2. The molecule has 0 fully saturated rings. The van der Waals surface area contributed by atoms with Gasteiger partial charge in [0.2, 0.25) is 0 Å². The molecule has 1 heterocycles. The number of anilines is 1. The minimum absolute atomic E-state index is 0.769. The second-order valence-electron chi connectivity index (χ2n) is 4.60. The topological polar surface area (TPSA) is 43.8 Å². The molecule has 0 aliphatic heterocycles. The van der Waals surface area contributed by atoms with Gasteiger partial charge in [0.05, 0.1) is 0 Å². The average Bonchev–Trinajstić information content (AvgIpc) is 2.87. The molecule has 0 saturated carbocycles. The smallest absolute Gasteiger partial charge is 0.141 e. The van der Waals surface area contributed by atoms with Gasteiger partial charge in [-0.3, -0.25) is 0 Å². The van der Waals surface area contributed by atoms with E-state index >= 15 is 0 Å². The molecule has 0 aliphatic rings. The standard InChI is InChI=1S/C16H14IN3/c17-15-7-2-1-6-14(15)16-19-8-9-20(16)11-12-4-3-5-13(18)10-12/h1-10H,11,18H2. The fraction of sp³-hybridized carbons (Fsp3) is 0.0625. The first-order valence-electron chi connectivity index (χ1n) is 6.34. The molecule has 0 bridgehead atoms. The number of nitrogen functional groups attached to an aromatic ring is 1. The highest BCUT2D eigenvalue weighted by molar-refractivity contribution is 14.1. The van der Waals surface area contributed by atoms with Crippen LogP contribution in [0.5, 0.6) is 0 Å². The van der Waals surface area contributed by atoms with Gasteiger partial charge in [-0.15, -0.1) is 0 Å². The zero-order chi connectivity index (χ0) is 13.9. The zero-order valence-corrected chi connectivity index (χ0v) is 13.0. The summed E-state index contributed by atoms with van der Waals surface area (Å²) in [6.07, 6.45) is 3.84. The Morgan fingerprint density at radius 2 is 1.95 bits per heavy atom. The van der Waals surface area contributed by atoms with Crippen molar-refractivity contribution < 1.29 is 0 Å². The maximum Gasteiger partial charge on any atom is 0.141 e. The van der Waals surface area contributed by atoms with Gasteiger partial charge in [-0.2, -0.15) is 0 Å². The van der Waals surface area contributed by atoms with Crippen LogP contribution in [0.25, 0.3) is 11.4 Å². The van der Waals surface area contributed by atoms with Crippen molar-refractivity contribution in [3.05, 3.63) is 70.1 Å². The van der Waals surface area contributed by atoms with E-state index in [1.54, 1.807) is 0 Å². The minimum atomic E-state index is 0.769. The molecule has 3 nitrogen and oxygen atoms in total. The second kappa shape index (κ2) is 5.66. The number of benzene rings is 2. The van der Waals surface area contributed by atoms with Crippen molar-refractivity contribution in [1.82, 2.24) is 9.55 Å². The SMILES string of the molecule is Nc1cccc(Cn2ccnc2-c2ccccc2I)c1. The van der Waals surface area contributed by atoms with Gasteiger partial charge >= 0.3 is 0 Å². The Morgan fingerprint density at radius 3 is 2.75 bits per heavy atom. The number of hydrogen-bond donors (Lipinski definition) is 1. The molecule has 3 aromatic rings. The van der Waals surface area contributed by atoms with Crippen molar-refractivity contribution in [2.75, 3.05) is 5.73 Å². The van der Waals surface area contributed by atoms with Crippen molar-refractivity contribution >= 4 is 28.3 Å². The Labute approximate surface area is 131 Å². The number of halogens is 1. The van der Waals surface area contributed by atoms with Crippen LogP contribution in [0.4, 0.5) is 5.69 Å². The van der Waals surface area contributed by atoms with Crippen LogP contribution < -0.4 is 5.73 Å². The van der Waals surface area contributed by atoms with Gasteiger partial charge in [-0.05, 0) is 46.4 Å². The zero-order valence-electron chi connectivity index (χ0n) is 10.8.